The largest absolute Gasteiger partial charge is 0.444 e. The van der Waals surface area contributed by atoms with Crippen molar-refractivity contribution < 1.29 is 27.5 Å². The lowest BCUT2D eigenvalue weighted by Gasteiger charge is -2.24. The molecule has 1 unspecified atom stereocenters. The molecule has 0 spiro atoms. The Balaban J connectivity index is 1.86. The molecule has 2 amide bonds. The van der Waals surface area contributed by atoms with E-state index in [-0.39, 0.29) is 30.1 Å². The third-order valence-corrected chi connectivity index (χ3v) is 4.56. The van der Waals surface area contributed by atoms with Crippen molar-refractivity contribution in [2.75, 3.05) is 13.1 Å². The molecule has 0 radical (unpaired) electrons. The highest BCUT2D eigenvalue weighted by molar-refractivity contribution is 5.99. The van der Waals surface area contributed by atoms with E-state index >= 15 is 0 Å². The number of amides is 2. The van der Waals surface area contributed by atoms with Gasteiger partial charge in [-0.2, -0.15) is 13.2 Å². The lowest BCUT2D eigenvalue weighted by molar-refractivity contribution is -0.138. The summed E-state index contributed by atoms with van der Waals surface area (Å²) in [7, 11) is 0. The summed E-state index contributed by atoms with van der Waals surface area (Å²) in [6, 6.07) is 2.64. The summed E-state index contributed by atoms with van der Waals surface area (Å²) in [5, 5.41) is 2.44. The number of hydrogen-bond acceptors (Lipinski definition) is 3. The number of carbonyl (C=O) groups is 2. The molecule has 2 heterocycles. The Morgan fingerprint density at radius 1 is 1.27 bits per heavy atom. The molecule has 0 aromatic heterocycles. The molecule has 1 N–H and O–H groups in total. The molecular weight excluding hydrogens is 349 g/mol. The Morgan fingerprint density at radius 2 is 1.96 bits per heavy atom. The predicted molar refractivity (Wildman–Crippen MR) is 87.8 cm³/mol. The van der Waals surface area contributed by atoms with Crippen molar-refractivity contribution in [3.05, 3.63) is 34.4 Å². The Hall–Kier alpha value is -2.25. The normalized spacial score (nSPS) is 20.2. The molecule has 0 saturated carbocycles. The van der Waals surface area contributed by atoms with Crippen LogP contribution in [0.3, 0.4) is 0 Å². The molecule has 0 bridgehead atoms. The molecule has 0 aliphatic carbocycles. The maximum atomic E-state index is 13.4. The van der Waals surface area contributed by atoms with Crippen LogP contribution in [0.1, 0.15) is 60.2 Å². The van der Waals surface area contributed by atoms with E-state index in [9.17, 15) is 22.8 Å². The van der Waals surface area contributed by atoms with Crippen LogP contribution in [0.25, 0.3) is 0 Å². The van der Waals surface area contributed by atoms with Crippen LogP contribution in [0.4, 0.5) is 18.0 Å². The van der Waals surface area contributed by atoms with Crippen LogP contribution in [-0.2, 0) is 17.5 Å². The lowest BCUT2D eigenvalue weighted by Crippen LogP contribution is -2.35. The molecule has 1 saturated heterocycles. The fourth-order valence-electron chi connectivity index (χ4n) is 3.36. The fraction of sp³-hybridized carbons (Fsp3) is 0.556. The number of ether oxygens (including phenoxy) is 1. The molecular formula is C18H21F3N2O3. The van der Waals surface area contributed by atoms with Crippen molar-refractivity contribution in [3.8, 4) is 0 Å². The van der Waals surface area contributed by atoms with E-state index in [0.29, 0.717) is 18.5 Å². The summed E-state index contributed by atoms with van der Waals surface area (Å²) in [6.07, 6.45) is -4.48. The number of nitrogens with one attached hydrogen (secondary N) is 1. The van der Waals surface area contributed by atoms with Crippen molar-refractivity contribution in [2.45, 2.75) is 51.4 Å². The van der Waals surface area contributed by atoms with Crippen molar-refractivity contribution in [1.82, 2.24) is 10.2 Å². The second-order valence-electron chi connectivity index (χ2n) is 7.69. The molecule has 2 aliphatic heterocycles. The number of alkyl halides is 3. The summed E-state index contributed by atoms with van der Waals surface area (Å²) in [4.78, 5) is 25.5. The van der Waals surface area contributed by atoms with Crippen LogP contribution in [0.5, 0.6) is 0 Å². The van der Waals surface area contributed by atoms with Gasteiger partial charge in [-0.05, 0) is 50.5 Å². The second kappa shape index (κ2) is 6.17. The first-order valence-corrected chi connectivity index (χ1v) is 8.46. The van der Waals surface area contributed by atoms with Crippen molar-refractivity contribution in [2.24, 2.45) is 0 Å². The minimum Gasteiger partial charge on any atom is -0.444 e. The van der Waals surface area contributed by atoms with E-state index in [1.54, 1.807) is 20.8 Å². The number of carbonyl (C=O) groups excluding carboxylic acids is 2. The van der Waals surface area contributed by atoms with Gasteiger partial charge in [0.05, 0.1) is 5.56 Å². The molecule has 5 nitrogen and oxygen atoms in total. The first kappa shape index (κ1) is 18.5. The van der Waals surface area contributed by atoms with E-state index < -0.39 is 29.3 Å². The number of hydrogen-bond donors (Lipinski definition) is 1. The third-order valence-electron chi connectivity index (χ3n) is 4.56. The molecule has 1 aromatic rings. The van der Waals surface area contributed by atoms with Crippen molar-refractivity contribution in [1.29, 1.82) is 0 Å². The van der Waals surface area contributed by atoms with Crippen LogP contribution in [0.15, 0.2) is 12.1 Å². The first-order chi connectivity index (χ1) is 12.0. The molecule has 8 heteroatoms. The molecule has 1 aromatic carbocycles. The standard InChI is InChI=1S/C18H21F3N2O3/c1-17(2,3)26-16(25)23-5-4-10(9-23)11-6-12-13(8-22-15(12)24)14(7-11)18(19,20)21/h6-7,10H,4-5,8-9H2,1-3H3,(H,22,24). The van der Waals surface area contributed by atoms with Crippen LogP contribution in [0.2, 0.25) is 0 Å². The Bertz CT molecular complexity index is 753. The average Bonchev–Trinajstić information content (AvgIpc) is 3.11. The van der Waals surface area contributed by atoms with Gasteiger partial charge in [-0.15, -0.1) is 0 Å². The van der Waals surface area contributed by atoms with Crippen molar-refractivity contribution >= 4 is 12.0 Å². The highest BCUT2D eigenvalue weighted by Gasteiger charge is 2.39. The maximum absolute atomic E-state index is 13.4. The number of fused-ring (bicyclic) bond motifs is 1. The second-order valence-corrected chi connectivity index (χ2v) is 7.69. The summed E-state index contributed by atoms with van der Waals surface area (Å²) in [6.45, 7) is 5.84. The monoisotopic (exact) mass is 370 g/mol. The van der Waals surface area contributed by atoms with E-state index in [1.807, 2.05) is 0 Å². The highest BCUT2D eigenvalue weighted by Crippen LogP contribution is 2.39. The summed E-state index contributed by atoms with van der Waals surface area (Å²) >= 11 is 0. The molecule has 142 valence electrons. The molecule has 3 rings (SSSR count). The van der Waals surface area contributed by atoms with Crippen LogP contribution >= 0.6 is 0 Å². The van der Waals surface area contributed by atoms with Gasteiger partial charge in [-0.1, -0.05) is 0 Å². The average molecular weight is 370 g/mol. The third kappa shape index (κ3) is 3.64. The van der Waals surface area contributed by atoms with E-state index in [4.69, 9.17) is 4.74 Å². The van der Waals surface area contributed by atoms with Gasteiger partial charge < -0.3 is 15.0 Å². The smallest absolute Gasteiger partial charge is 0.416 e. The van der Waals surface area contributed by atoms with E-state index in [2.05, 4.69) is 5.32 Å². The lowest BCUT2D eigenvalue weighted by atomic mass is 9.91. The molecule has 26 heavy (non-hydrogen) atoms. The quantitative estimate of drug-likeness (QED) is 0.821. The zero-order chi connectivity index (χ0) is 19.3. The van der Waals surface area contributed by atoms with Gasteiger partial charge in [0.15, 0.2) is 0 Å². The Morgan fingerprint density at radius 3 is 2.58 bits per heavy atom. The van der Waals surface area contributed by atoms with Crippen molar-refractivity contribution in [3.63, 3.8) is 0 Å². The number of likely N-dealkylation sites (tertiary alicyclic amines) is 1. The molecule has 1 fully saturated rings. The number of nitrogens with zero attached hydrogens (tertiary/aromatic N) is 1. The number of benzene rings is 1. The Labute approximate surface area is 149 Å². The zero-order valence-electron chi connectivity index (χ0n) is 14.9. The first-order valence-electron chi connectivity index (χ1n) is 8.46. The van der Waals surface area contributed by atoms with Crippen LogP contribution in [0, 0.1) is 0 Å². The van der Waals surface area contributed by atoms with E-state index in [1.165, 1.54) is 11.0 Å². The van der Waals surface area contributed by atoms with Gasteiger partial charge in [0, 0.05) is 31.1 Å². The fourth-order valence-corrected chi connectivity index (χ4v) is 3.36. The summed E-state index contributed by atoms with van der Waals surface area (Å²) in [5.74, 6) is -0.753. The summed E-state index contributed by atoms with van der Waals surface area (Å²) < 4.78 is 45.5. The van der Waals surface area contributed by atoms with Gasteiger partial charge in [-0.3, -0.25) is 4.79 Å². The molecule has 1 atom stereocenters. The van der Waals surface area contributed by atoms with Gasteiger partial charge in [-0.25, -0.2) is 4.79 Å². The number of halogens is 3. The van der Waals surface area contributed by atoms with Crippen LogP contribution < -0.4 is 5.32 Å². The minimum absolute atomic E-state index is 0.00625. The van der Waals surface area contributed by atoms with Gasteiger partial charge in [0.2, 0.25) is 0 Å². The minimum atomic E-state index is -4.53. The Kier molecular flexibility index (Phi) is 4.40. The SMILES string of the molecule is CC(C)(C)OC(=O)N1CCC(c2cc3c(c(C(F)(F)F)c2)CNC3=O)C1. The predicted octanol–water partition coefficient (Wildman–Crippen LogP) is 3.67. The topological polar surface area (TPSA) is 58.6 Å². The zero-order valence-corrected chi connectivity index (χ0v) is 14.9. The summed E-state index contributed by atoms with van der Waals surface area (Å²) in [5.41, 5.74) is -0.915. The van der Waals surface area contributed by atoms with Gasteiger partial charge in [0.25, 0.3) is 5.91 Å². The maximum Gasteiger partial charge on any atom is 0.416 e. The highest BCUT2D eigenvalue weighted by atomic mass is 19.4. The van der Waals surface area contributed by atoms with Gasteiger partial charge in [0.1, 0.15) is 5.60 Å². The number of rotatable bonds is 1. The van der Waals surface area contributed by atoms with Gasteiger partial charge >= 0.3 is 12.3 Å². The van der Waals surface area contributed by atoms with E-state index in [0.717, 1.165) is 6.07 Å². The van der Waals surface area contributed by atoms with Crippen LogP contribution in [-0.4, -0.2) is 35.6 Å². The molecule has 2 aliphatic rings.